The number of carbonyl (C=O) groups excluding carboxylic acids is 1. The lowest BCUT2D eigenvalue weighted by molar-refractivity contribution is -0.122. The van der Waals surface area contributed by atoms with Gasteiger partial charge >= 0.3 is 0 Å². The van der Waals surface area contributed by atoms with Crippen LogP contribution < -0.4 is 10.6 Å². The Morgan fingerprint density at radius 1 is 1.23 bits per heavy atom. The number of amides is 1. The van der Waals surface area contributed by atoms with E-state index in [1.165, 1.54) is 11.3 Å². The molecule has 0 unspecified atom stereocenters. The van der Waals surface area contributed by atoms with Crippen molar-refractivity contribution in [2.45, 2.75) is 13.8 Å². The maximum atomic E-state index is 11.9. The number of thiazole rings is 1. The molecule has 0 spiro atoms. The molecule has 1 aromatic heterocycles. The van der Waals surface area contributed by atoms with E-state index in [4.69, 9.17) is 35.4 Å². The third-order valence-electron chi connectivity index (χ3n) is 3.58. The predicted molar refractivity (Wildman–Crippen MR) is 114 cm³/mol. The predicted octanol–water partition coefficient (Wildman–Crippen LogP) is 5.74. The van der Waals surface area contributed by atoms with Gasteiger partial charge in [-0.25, -0.2) is 4.98 Å². The van der Waals surface area contributed by atoms with Crippen molar-refractivity contribution < 1.29 is 4.79 Å². The second-order valence-corrected chi connectivity index (χ2v) is 8.18. The van der Waals surface area contributed by atoms with E-state index >= 15 is 0 Å². The first kappa shape index (κ1) is 19.0. The van der Waals surface area contributed by atoms with Crippen molar-refractivity contribution in [1.82, 2.24) is 10.3 Å². The fourth-order valence-corrected chi connectivity index (χ4v) is 3.99. The molecule has 0 fully saturated rings. The lowest BCUT2D eigenvalue weighted by Gasteiger charge is -2.15. The van der Waals surface area contributed by atoms with Crippen molar-refractivity contribution in [3.63, 3.8) is 0 Å². The van der Waals surface area contributed by atoms with Gasteiger partial charge in [0.15, 0.2) is 5.11 Å². The summed E-state index contributed by atoms with van der Waals surface area (Å²) in [7, 11) is 0. The number of para-hydroxylation sites is 1. The molecule has 1 heterocycles. The molecule has 0 bridgehead atoms. The van der Waals surface area contributed by atoms with E-state index in [2.05, 4.69) is 15.6 Å². The van der Waals surface area contributed by atoms with Gasteiger partial charge in [0, 0.05) is 16.5 Å². The normalized spacial score (nSPS) is 11.0. The van der Waals surface area contributed by atoms with Crippen LogP contribution >= 0.6 is 46.8 Å². The highest BCUT2D eigenvalue weighted by molar-refractivity contribution is 7.80. The minimum Gasteiger partial charge on any atom is -0.331 e. The monoisotopic (exact) mass is 423 g/mol. The van der Waals surface area contributed by atoms with Gasteiger partial charge in [-0.3, -0.25) is 4.79 Å². The third kappa shape index (κ3) is 4.15. The number of anilines is 1. The van der Waals surface area contributed by atoms with Crippen molar-refractivity contribution in [2.75, 3.05) is 5.32 Å². The fourth-order valence-electron chi connectivity index (χ4n) is 2.26. The molecule has 134 valence electrons. The standard InChI is InChI=1S/C18H15Cl2N3OS2/c1-9(2)16(24)23-18(25)22-15-11(7-10(19)8-12(15)20)17-21-13-5-3-4-6-14(13)26-17/h3-9H,1-2H3,(H2,22,23,24,25). The van der Waals surface area contributed by atoms with Crippen LogP contribution in [-0.2, 0) is 4.79 Å². The molecule has 3 aromatic rings. The molecule has 0 aliphatic rings. The fraction of sp³-hybridized carbons (Fsp3) is 0.167. The number of benzene rings is 2. The van der Waals surface area contributed by atoms with Crippen LogP contribution in [-0.4, -0.2) is 16.0 Å². The summed E-state index contributed by atoms with van der Waals surface area (Å²) in [6, 6.07) is 11.2. The Morgan fingerprint density at radius 2 is 1.96 bits per heavy atom. The molecule has 0 saturated carbocycles. The van der Waals surface area contributed by atoms with Crippen molar-refractivity contribution in [1.29, 1.82) is 0 Å². The maximum Gasteiger partial charge on any atom is 0.228 e. The lowest BCUT2D eigenvalue weighted by Crippen LogP contribution is -2.36. The molecule has 4 nitrogen and oxygen atoms in total. The summed E-state index contributed by atoms with van der Waals surface area (Å²) < 4.78 is 1.06. The molecule has 1 amide bonds. The number of hydrogen-bond acceptors (Lipinski definition) is 4. The highest BCUT2D eigenvalue weighted by Gasteiger charge is 2.17. The van der Waals surface area contributed by atoms with Crippen LogP contribution in [0.3, 0.4) is 0 Å². The van der Waals surface area contributed by atoms with Crippen LogP contribution in [0.5, 0.6) is 0 Å². The van der Waals surface area contributed by atoms with Crippen molar-refractivity contribution in [3.8, 4) is 10.6 Å². The Labute approximate surface area is 170 Å². The van der Waals surface area contributed by atoms with Gasteiger partial charge < -0.3 is 10.6 Å². The zero-order valence-electron chi connectivity index (χ0n) is 14.0. The number of thiocarbonyl (C=S) groups is 1. The number of nitrogens with one attached hydrogen (secondary N) is 2. The first-order valence-electron chi connectivity index (χ1n) is 7.82. The molecule has 3 rings (SSSR count). The third-order valence-corrected chi connectivity index (χ3v) is 5.37. The summed E-state index contributed by atoms with van der Waals surface area (Å²) in [5.41, 5.74) is 2.18. The van der Waals surface area contributed by atoms with E-state index in [0.717, 1.165) is 20.8 Å². The minimum atomic E-state index is -0.181. The molecular weight excluding hydrogens is 409 g/mol. The lowest BCUT2D eigenvalue weighted by atomic mass is 10.2. The molecule has 0 saturated heterocycles. The molecule has 0 atom stereocenters. The number of nitrogens with zero attached hydrogens (tertiary/aromatic N) is 1. The van der Waals surface area contributed by atoms with Crippen molar-refractivity contribution >= 4 is 73.7 Å². The van der Waals surface area contributed by atoms with Crippen LogP contribution in [0.25, 0.3) is 20.8 Å². The Hall–Kier alpha value is -1.73. The maximum absolute atomic E-state index is 11.9. The molecule has 0 radical (unpaired) electrons. The molecule has 0 aliphatic heterocycles. The molecule has 26 heavy (non-hydrogen) atoms. The Morgan fingerprint density at radius 3 is 2.65 bits per heavy atom. The molecular formula is C18H15Cl2N3OS2. The summed E-state index contributed by atoms with van der Waals surface area (Å²) in [5.74, 6) is -0.353. The zero-order valence-corrected chi connectivity index (χ0v) is 17.1. The molecule has 0 aliphatic carbocycles. The van der Waals surface area contributed by atoms with E-state index in [1.54, 1.807) is 26.0 Å². The summed E-state index contributed by atoms with van der Waals surface area (Å²) in [4.78, 5) is 16.5. The van der Waals surface area contributed by atoms with E-state index in [0.29, 0.717) is 15.7 Å². The largest absolute Gasteiger partial charge is 0.331 e. The number of carbonyl (C=O) groups is 1. The van der Waals surface area contributed by atoms with Crippen LogP contribution in [0.2, 0.25) is 10.0 Å². The Kier molecular flexibility index (Phi) is 5.77. The van der Waals surface area contributed by atoms with E-state index < -0.39 is 0 Å². The number of halogens is 2. The van der Waals surface area contributed by atoms with E-state index in [-0.39, 0.29) is 16.9 Å². The highest BCUT2D eigenvalue weighted by atomic mass is 35.5. The van der Waals surface area contributed by atoms with Crippen LogP contribution in [0.15, 0.2) is 36.4 Å². The number of fused-ring (bicyclic) bond motifs is 1. The minimum absolute atomic E-state index is 0.172. The van der Waals surface area contributed by atoms with Gasteiger partial charge in [0.05, 0.1) is 20.9 Å². The van der Waals surface area contributed by atoms with Gasteiger partial charge in [-0.05, 0) is 36.5 Å². The average Bonchev–Trinajstić information content (AvgIpc) is 3.00. The first-order valence-corrected chi connectivity index (χ1v) is 9.80. The smallest absolute Gasteiger partial charge is 0.228 e. The van der Waals surface area contributed by atoms with Crippen LogP contribution in [0.4, 0.5) is 5.69 Å². The topological polar surface area (TPSA) is 54.0 Å². The molecule has 2 aromatic carbocycles. The average molecular weight is 424 g/mol. The van der Waals surface area contributed by atoms with Gasteiger partial charge in [0.2, 0.25) is 5.91 Å². The van der Waals surface area contributed by atoms with Gasteiger partial charge in [-0.2, -0.15) is 0 Å². The van der Waals surface area contributed by atoms with Crippen LogP contribution in [0, 0.1) is 5.92 Å². The van der Waals surface area contributed by atoms with Gasteiger partial charge in [0.1, 0.15) is 5.01 Å². The summed E-state index contributed by atoms with van der Waals surface area (Å²) in [6.07, 6.45) is 0. The summed E-state index contributed by atoms with van der Waals surface area (Å²) in [5, 5.41) is 7.48. The van der Waals surface area contributed by atoms with E-state index in [9.17, 15) is 4.79 Å². The second-order valence-electron chi connectivity index (χ2n) is 5.89. The molecule has 2 N–H and O–H groups in total. The van der Waals surface area contributed by atoms with Crippen LogP contribution in [0.1, 0.15) is 13.8 Å². The van der Waals surface area contributed by atoms with Gasteiger partial charge in [-0.15, -0.1) is 11.3 Å². The first-order chi connectivity index (χ1) is 12.3. The number of aromatic nitrogens is 1. The van der Waals surface area contributed by atoms with Gasteiger partial charge in [-0.1, -0.05) is 49.2 Å². The molecule has 8 heteroatoms. The Bertz CT molecular complexity index is 968. The van der Waals surface area contributed by atoms with Crippen molar-refractivity contribution in [3.05, 3.63) is 46.4 Å². The quantitative estimate of drug-likeness (QED) is 0.527. The summed E-state index contributed by atoms with van der Waals surface area (Å²) >= 11 is 19.4. The van der Waals surface area contributed by atoms with Crippen molar-refractivity contribution in [2.24, 2.45) is 5.92 Å². The zero-order chi connectivity index (χ0) is 18.8. The SMILES string of the molecule is CC(C)C(=O)NC(=S)Nc1c(Cl)cc(Cl)cc1-c1nc2ccccc2s1. The second kappa shape index (κ2) is 7.88. The summed E-state index contributed by atoms with van der Waals surface area (Å²) in [6.45, 7) is 3.58. The van der Waals surface area contributed by atoms with Gasteiger partial charge in [0.25, 0.3) is 0 Å². The number of hydrogen-bond donors (Lipinski definition) is 2. The number of rotatable bonds is 3. The van der Waals surface area contributed by atoms with E-state index in [1.807, 2.05) is 24.3 Å². The highest BCUT2D eigenvalue weighted by Crippen LogP contribution is 2.40. The Balaban J connectivity index is 2.00.